The third-order valence-corrected chi connectivity index (χ3v) is 2.24. The predicted molar refractivity (Wildman–Crippen MR) is 62.9 cm³/mol. The molecule has 0 aliphatic carbocycles. The Bertz CT molecular complexity index is 341. The molecule has 0 radical (unpaired) electrons. The van der Waals surface area contributed by atoms with Crippen LogP contribution in [0.15, 0.2) is 29.3 Å². The van der Waals surface area contributed by atoms with Crippen molar-refractivity contribution in [2.45, 2.75) is 6.54 Å². The van der Waals surface area contributed by atoms with Gasteiger partial charge in [0.2, 0.25) is 0 Å². The second kappa shape index (κ2) is 5.39. The van der Waals surface area contributed by atoms with Crippen LogP contribution in [0.1, 0.15) is 5.56 Å². The Balaban J connectivity index is 2.51. The van der Waals surface area contributed by atoms with Crippen molar-refractivity contribution in [3.8, 4) is 5.75 Å². The molecule has 76 valence electrons. The number of benzene rings is 1. The lowest BCUT2D eigenvalue weighted by Gasteiger charge is -2.04. The summed E-state index contributed by atoms with van der Waals surface area (Å²) in [4.78, 5) is 0. The average Bonchev–Trinajstić information content (AvgIpc) is 2.10. The highest BCUT2D eigenvalue weighted by Gasteiger charge is 1.99. The molecule has 0 unspecified atom stereocenters. The Labute approximate surface area is 96.7 Å². The van der Waals surface area contributed by atoms with Gasteiger partial charge < -0.3 is 10.4 Å². The monoisotopic (exact) mass is 275 g/mol. The standard InChI is InChI=1S/C10H11BrClNO/c1-7(11)5-13-6-8-2-3-10(14)9(12)4-8/h2-4,13-14H,1,5-6H2. The van der Waals surface area contributed by atoms with Crippen molar-refractivity contribution in [3.05, 3.63) is 39.8 Å². The van der Waals surface area contributed by atoms with Gasteiger partial charge in [0.1, 0.15) is 5.75 Å². The SMILES string of the molecule is C=C(Br)CNCc1ccc(O)c(Cl)c1. The molecule has 0 aromatic heterocycles. The molecule has 1 aromatic rings. The van der Waals surface area contributed by atoms with E-state index in [9.17, 15) is 5.11 Å². The normalized spacial score (nSPS) is 10.1. The van der Waals surface area contributed by atoms with Crippen molar-refractivity contribution in [2.24, 2.45) is 0 Å². The lowest BCUT2D eigenvalue weighted by Crippen LogP contribution is -2.14. The fraction of sp³-hybridized carbons (Fsp3) is 0.200. The summed E-state index contributed by atoms with van der Waals surface area (Å²) >= 11 is 9.00. The van der Waals surface area contributed by atoms with Gasteiger partial charge >= 0.3 is 0 Å². The summed E-state index contributed by atoms with van der Waals surface area (Å²) in [6.07, 6.45) is 0. The van der Waals surface area contributed by atoms with Crippen LogP contribution in [-0.2, 0) is 6.54 Å². The summed E-state index contributed by atoms with van der Waals surface area (Å²) in [7, 11) is 0. The number of rotatable bonds is 4. The topological polar surface area (TPSA) is 32.3 Å². The van der Waals surface area contributed by atoms with Gasteiger partial charge in [0, 0.05) is 17.6 Å². The maximum Gasteiger partial charge on any atom is 0.134 e. The van der Waals surface area contributed by atoms with Crippen molar-refractivity contribution in [3.63, 3.8) is 0 Å². The Morgan fingerprint density at radius 3 is 2.86 bits per heavy atom. The van der Waals surface area contributed by atoms with Gasteiger partial charge in [0.15, 0.2) is 0 Å². The first-order chi connectivity index (χ1) is 6.59. The van der Waals surface area contributed by atoms with Crippen molar-refractivity contribution in [1.82, 2.24) is 5.32 Å². The lowest BCUT2D eigenvalue weighted by atomic mass is 10.2. The van der Waals surface area contributed by atoms with Crippen molar-refractivity contribution < 1.29 is 5.11 Å². The van der Waals surface area contributed by atoms with Gasteiger partial charge in [-0.05, 0) is 17.7 Å². The summed E-state index contributed by atoms with van der Waals surface area (Å²) < 4.78 is 0.905. The number of halogens is 2. The number of hydrogen-bond acceptors (Lipinski definition) is 2. The molecule has 0 spiro atoms. The van der Waals surface area contributed by atoms with Gasteiger partial charge in [-0.3, -0.25) is 0 Å². The molecule has 0 atom stereocenters. The molecule has 2 N–H and O–H groups in total. The van der Waals surface area contributed by atoms with E-state index in [0.29, 0.717) is 18.1 Å². The van der Waals surface area contributed by atoms with Crippen LogP contribution < -0.4 is 5.32 Å². The van der Waals surface area contributed by atoms with Crippen LogP contribution in [0.2, 0.25) is 5.02 Å². The van der Waals surface area contributed by atoms with Gasteiger partial charge in [-0.25, -0.2) is 0 Å². The van der Waals surface area contributed by atoms with Gasteiger partial charge in [-0.2, -0.15) is 0 Å². The molecule has 0 aliphatic heterocycles. The van der Waals surface area contributed by atoms with E-state index >= 15 is 0 Å². The smallest absolute Gasteiger partial charge is 0.134 e. The van der Waals surface area contributed by atoms with Gasteiger partial charge in [-0.15, -0.1) is 0 Å². The van der Waals surface area contributed by atoms with E-state index in [1.807, 2.05) is 6.07 Å². The summed E-state index contributed by atoms with van der Waals surface area (Å²) in [5, 5.41) is 12.7. The molecule has 1 aromatic carbocycles. The number of aromatic hydroxyl groups is 1. The van der Waals surface area contributed by atoms with E-state index in [1.54, 1.807) is 12.1 Å². The van der Waals surface area contributed by atoms with Crippen molar-refractivity contribution in [2.75, 3.05) is 6.54 Å². The van der Waals surface area contributed by atoms with Crippen LogP contribution >= 0.6 is 27.5 Å². The minimum atomic E-state index is 0.111. The molecule has 0 bridgehead atoms. The first-order valence-electron chi connectivity index (χ1n) is 4.11. The molecule has 0 aliphatic rings. The second-order valence-electron chi connectivity index (χ2n) is 2.91. The Morgan fingerprint density at radius 1 is 1.57 bits per heavy atom. The molecule has 0 saturated heterocycles. The lowest BCUT2D eigenvalue weighted by molar-refractivity contribution is 0.475. The third kappa shape index (κ3) is 3.70. The molecule has 0 amide bonds. The van der Waals surface area contributed by atoms with Gasteiger partial charge in [0.05, 0.1) is 5.02 Å². The Hall–Kier alpha value is -0.510. The molecular weight excluding hydrogens is 265 g/mol. The fourth-order valence-corrected chi connectivity index (χ4v) is 1.40. The highest BCUT2D eigenvalue weighted by atomic mass is 79.9. The summed E-state index contributed by atoms with van der Waals surface area (Å²) in [5.41, 5.74) is 1.03. The molecular formula is C10H11BrClNO. The van der Waals surface area contributed by atoms with E-state index in [1.165, 1.54) is 0 Å². The highest BCUT2D eigenvalue weighted by molar-refractivity contribution is 9.11. The van der Waals surface area contributed by atoms with Crippen LogP contribution in [0.3, 0.4) is 0 Å². The largest absolute Gasteiger partial charge is 0.506 e. The number of phenols is 1. The average molecular weight is 277 g/mol. The number of phenolic OH excluding ortho intramolecular Hbond substituents is 1. The zero-order valence-corrected chi connectivity index (χ0v) is 9.90. The van der Waals surface area contributed by atoms with Crippen molar-refractivity contribution in [1.29, 1.82) is 0 Å². The van der Waals surface area contributed by atoms with Crippen LogP contribution in [0.4, 0.5) is 0 Å². The third-order valence-electron chi connectivity index (χ3n) is 1.66. The van der Waals surface area contributed by atoms with E-state index in [-0.39, 0.29) is 5.75 Å². The number of hydrogen-bond donors (Lipinski definition) is 2. The molecule has 0 heterocycles. The minimum absolute atomic E-state index is 0.111. The van der Waals surface area contributed by atoms with E-state index < -0.39 is 0 Å². The molecule has 2 nitrogen and oxygen atoms in total. The predicted octanol–water partition coefficient (Wildman–Crippen LogP) is 3.04. The van der Waals surface area contributed by atoms with Crippen molar-refractivity contribution >= 4 is 27.5 Å². The van der Waals surface area contributed by atoms with E-state index in [2.05, 4.69) is 27.8 Å². The number of nitrogens with one attached hydrogen (secondary N) is 1. The van der Waals surface area contributed by atoms with Gasteiger partial charge in [0.25, 0.3) is 0 Å². The summed E-state index contributed by atoms with van der Waals surface area (Å²) in [5.74, 6) is 0.111. The van der Waals surface area contributed by atoms with E-state index in [4.69, 9.17) is 11.6 Å². The van der Waals surface area contributed by atoms with Crippen LogP contribution in [0, 0.1) is 0 Å². The second-order valence-corrected chi connectivity index (χ2v) is 4.44. The maximum atomic E-state index is 9.18. The van der Waals surface area contributed by atoms with Crippen LogP contribution in [0.25, 0.3) is 0 Å². The quantitative estimate of drug-likeness (QED) is 0.886. The van der Waals surface area contributed by atoms with E-state index in [0.717, 1.165) is 10.0 Å². The zero-order valence-electron chi connectivity index (χ0n) is 7.56. The van der Waals surface area contributed by atoms with Gasteiger partial charge in [-0.1, -0.05) is 40.2 Å². The molecule has 4 heteroatoms. The first kappa shape index (κ1) is 11.6. The molecule has 1 rings (SSSR count). The summed E-state index contributed by atoms with van der Waals surface area (Å²) in [6, 6.07) is 5.15. The maximum absolute atomic E-state index is 9.18. The first-order valence-corrected chi connectivity index (χ1v) is 5.28. The molecule has 0 fully saturated rings. The Kier molecular flexibility index (Phi) is 4.45. The van der Waals surface area contributed by atoms with Crippen LogP contribution in [0.5, 0.6) is 5.75 Å². The fourth-order valence-electron chi connectivity index (χ4n) is 1.00. The zero-order chi connectivity index (χ0) is 10.6. The minimum Gasteiger partial charge on any atom is -0.506 e. The Morgan fingerprint density at radius 2 is 2.29 bits per heavy atom. The molecule has 0 saturated carbocycles. The van der Waals surface area contributed by atoms with Crippen LogP contribution in [-0.4, -0.2) is 11.7 Å². The highest BCUT2D eigenvalue weighted by Crippen LogP contribution is 2.23. The summed E-state index contributed by atoms with van der Waals surface area (Å²) in [6.45, 7) is 5.11. The molecule has 14 heavy (non-hydrogen) atoms.